The van der Waals surface area contributed by atoms with Crippen molar-refractivity contribution >= 4 is 16.9 Å². The fourth-order valence-corrected chi connectivity index (χ4v) is 2.07. The van der Waals surface area contributed by atoms with Gasteiger partial charge in [0.1, 0.15) is 5.52 Å². The van der Waals surface area contributed by atoms with E-state index in [-0.39, 0.29) is 12.5 Å². The Labute approximate surface area is 117 Å². The molecule has 0 aliphatic heterocycles. The summed E-state index contributed by atoms with van der Waals surface area (Å²) in [5.74, 6) is -0.170. The van der Waals surface area contributed by atoms with Crippen molar-refractivity contribution in [2.75, 3.05) is 6.61 Å². The summed E-state index contributed by atoms with van der Waals surface area (Å²) in [5.41, 5.74) is 1.73. The molecule has 0 bridgehead atoms. The van der Waals surface area contributed by atoms with E-state index in [9.17, 15) is 4.79 Å². The van der Waals surface area contributed by atoms with Crippen LogP contribution in [-0.4, -0.2) is 38.2 Å². The van der Waals surface area contributed by atoms with Crippen LogP contribution in [0.2, 0.25) is 0 Å². The molecule has 0 aliphatic rings. The Morgan fingerprint density at radius 2 is 2.20 bits per heavy atom. The van der Waals surface area contributed by atoms with Crippen molar-refractivity contribution in [2.45, 2.75) is 39.3 Å². The zero-order chi connectivity index (χ0) is 14.8. The monoisotopic (exact) mass is 276 g/mol. The van der Waals surface area contributed by atoms with Crippen LogP contribution in [0.3, 0.4) is 0 Å². The van der Waals surface area contributed by atoms with E-state index >= 15 is 0 Å². The van der Waals surface area contributed by atoms with Crippen molar-refractivity contribution in [1.29, 1.82) is 0 Å². The molecule has 0 radical (unpaired) electrons. The van der Waals surface area contributed by atoms with Gasteiger partial charge >= 0.3 is 0 Å². The number of amides is 1. The number of nitrogens with zero attached hydrogens (tertiary/aromatic N) is 3. The van der Waals surface area contributed by atoms with Crippen molar-refractivity contribution in [3.8, 4) is 0 Å². The summed E-state index contributed by atoms with van der Waals surface area (Å²) in [5, 5.41) is 20.0. The highest BCUT2D eigenvalue weighted by molar-refractivity contribution is 5.97. The first-order valence-corrected chi connectivity index (χ1v) is 6.73. The van der Waals surface area contributed by atoms with Gasteiger partial charge in [0.2, 0.25) is 0 Å². The van der Waals surface area contributed by atoms with Crippen molar-refractivity contribution in [1.82, 2.24) is 20.3 Å². The molecule has 0 unspecified atom stereocenters. The maximum Gasteiger partial charge on any atom is 0.251 e. The predicted octanol–water partition coefficient (Wildman–Crippen LogP) is 1.34. The lowest BCUT2D eigenvalue weighted by atomic mass is 10.0. The van der Waals surface area contributed by atoms with E-state index < -0.39 is 5.54 Å². The summed E-state index contributed by atoms with van der Waals surface area (Å²) in [7, 11) is 0. The minimum absolute atomic E-state index is 0.0388. The summed E-state index contributed by atoms with van der Waals surface area (Å²) in [4.78, 5) is 12.2. The highest BCUT2D eigenvalue weighted by Crippen LogP contribution is 2.15. The van der Waals surface area contributed by atoms with Crippen molar-refractivity contribution in [3.63, 3.8) is 0 Å². The molecule has 1 amide bonds. The van der Waals surface area contributed by atoms with E-state index in [0.717, 1.165) is 12.1 Å². The zero-order valence-electron chi connectivity index (χ0n) is 12.1. The fourth-order valence-electron chi connectivity index (χ4n) is 2.07. The highest BCUT2D eigenvalue weighted by Gasteiger charge is 2.21. The van der Waals surface area contributed by atoms with Gasteiger partial charge in [-0.1, -0.05) is 5.21 Å². The number of hydrogen-bond acceptors (Lipinski definition) is 4. The van der Waals surface area contributed by atoms with Crippen molar-refractivity contribution in [2.24, 2.45) is 0 Å². The maximum absolute atomic E-state index is 12.2. The number of rotatable bonds is 5. The van der Waals surface area contributed by atoms with E-state index in [4.69, 9.17) is 5.11 Å². The quantitative estimate of drug-likeness (QED) is 0.863. The van der Waals surface area contributed by atoms with Gasteiger partial charge in [-0.05, 0) is 45.4 Å². The normalized spacial score (nSPS) is 11.8. The molecule has 0 spiro atoms. The number of hydrogen-bond donors (Lipinski definition) is 2. The average Bonchev–Trinajstić information content (AvgIpc) is 2.79. The van der Waals surface area contributed by atoms with Crippen LogP contribution in [0, 0.1) is 0 Å². The Morgan fingerprint density at radius 3 is 2.85 bits per heavy atom. The number of benzene rings is 1. The number of carbonyl (C=O) groups excluding carboxylic acids is 1. The molecule has 2 aromatic rings. The molecule has 0 aliphatic carbocycles. The SMILES string of the molecule is CCn1nnc2cc(C(=O)NC(C)(C)CCO)ccc21. The first kappa shape index (κ1) is 14.5. The molecule has 0 saturated heterocycles. The van der Waals surface area contributed by atoms with Crippen molar-refractivity contribution in [3.05, 3.63) is 23.8 Å². The van der Waals surface area contributed by atoms with Gasteiger partial charge in [-0.25, -0.2) is 4.68 Å². The van der Waals surface area contributed by atoms with Crippen LogP contribution in [0.25, 0.3) is 11.0 Å². The molecule has 1 heterocycles. The lowest BCUT2D eigenvalue weighted by molar-refractivity contribution is 0.0899. The van der Waals surface area contributed by atoms with E-state index in [0.29, 0.717) is 17.5 Å². The Kier molecular flexibility index (Phi) is 4.04. The summed E-state index contributed by atoms with van der Waals surface area (Å²) in [6.45, 7) is 6.54. The minimum Gasteiger partial charge on any atom is -0.396 e. The number of aryl methyl sites for hydroxylation is 1. The molecule has 2 rings (SSSR count). The molecule has 6 heteroatoms. The zero-order valence-corrected chi connectivity index (χ0v) is 12.1. The number of fused-ring (bicyclic) bond motifs is 1. The topological polar surface area (TPSA) is 80.0 Å². The van der Waals surface area contributed by atoms with E-state index in [1.807, 2.05) is 26.8 Å². The maximum atomic E-state index is 12.2. The lowest BCUT2D eigenvalue weighted by Crippen LogP contribution is -2.44. The molecular weight excluding hydrogens is 256 g/mol. The molecule has 108 valence electrons. The van der Waals surface area contributed by atoms with Crippen LogP contribution in [-0.2, 0) is 6.54 Å². The molecule has 0 saturated carbocycles. The Balaban J connectivity index is 2.22. The molecule has 6 nitrogen and oxygen atoms in total. The third-order valence-electron chi connectivity index (χ3n) is 3.26. The average molecular weight is 276 g/mol. The summed E-state index contributed by atoms with van der Waals surface area (Å²) >= 11 is 0. The van der Waals surface area contributed by atoms with E-state index in [1.165, 1.54) is 0 Å². The van der Waals surface area contributed by atoms with Gasteiger partial charge in [0.15, 0.2) is 0 Å². The van der Waals surface area contributed by atoms with Gasteiger partial charge < -0.3 is 10.4 Å². The Bertz CT molecular complexity index is 619. The van der Waals surface area contributed by atoms with Gasteiger partial charge in [-0.2, -0.15) is 0 Å². The largest absolute Gasteiger partial charge is 0.396 e. The van der Waals surface area contributed by atoms with Crippen LogP contribution in [0.4, 0.5) is 0 Å². The number of carbonyl (C=O) groups is 1. The molecule has 1 aromatic heterocycles. The summed E-state index contributed by atoms with van der Waals surface area (Å²) < 4.78 is 1.78. The van der Waals surface area contributed by atoms with Crippen LogP contribution in [0.5, 0.6) is 0 Å². The van der Waals surface area contributed by atoms with Gasteiger partial charge in [-0.3, -0.25) is 4.79 Å². The Morgan fingerprint density at radius 1 is 1.45 bits per heavy atom. The molecule has 0 fully saturated rings. The molecule has 0 atom stereocenters. The van der Waals surface area contributed by atoms with E-state index in [1.54, 1.807) is 16.8 Å². The van der Waals surface area contributed by atoms with Crippen LogP contribution in [0.15, 0.2) is 18.2 Å². The van der Waals surface area contributed by atoms with Gasteiger partial charge in [-0.15, -0.1) is 5.10 Å². The second-order valence-electron chi connectivity index (χ2n) is 5.42. The van der Waals surface area contributed by atoms with Gasteiger partial charge in [0, 0.05) is 24.3 Å². The molecule has 20 heavy (non-hydrogen) atoms. The summed E-state index contributed by atoms with van der Waals surface area (Å²) in [6, 6.07) is 5.36. The first-order chi connectivity index (χ1) is 9.46. The molecule has 2 N–H and O–H groups in total. The first-order valence-electron chi connectivity index (χ1n) is 6.73. The minimum atomic E-state index is -0.443. The van der Waals surface area contributed by atoms with Crippen LogP contribution in [0.1, 0.15) is 37.6 Å². The Hall–Kier alpha value is -1.95. The third-order valence-corrected chi connectivity index (χ3v) is 3.26. The number of aromatic nitrogens is 3. The van der Waals surface area contributed by atoms with E-state index in [2.05, 4.69) is 15.6 Å². The standard InChI is InChI=1S/C14H20N4O2/c1-4-18-12-6-5-10(9-11(12)16-17-18)13(20)15-14(2,3)7-8-19/h5-6,9,19H,4,7-8H2,1-3H3,(H,15,20). The second kappa shape index (κ2) is 5.58. The van der Waals surface area contributed by atoms with Crippen molar-refractivity contribution < 1.29 is 9.90 Å². The lowest BCUT2D eigenvalue weighted by Gasteiger charge is -2.25. The predicted molar refractivity (Wildman–Crippen MR) is 76.5 cm³/mol. The fraction of sp³-hybridized carbons (Fsp3) is 0.500. The molecule has 1 aromatic carbocycles. The van der Waals surface area contributed by atoms with Crippen LogP contribution >= 0.6 is 0 Å². The number of aliphatic hydroxyl groups excluding tert-OH is 1. The van der Waals surface area contributed by atoms with Gasteiger partial charge in [0.05, 0.1) is 5.52 Å². The second-order valence-corrected chi connectivity index (χ2v) is 5.42. The number of aliphatic hydroxyl groups is 1. The smallest absolute Gasteiger partial charge is 0.251 e. The summed E-state index contributed by atoms with van der Waals surface area (Å²) in [6.07, 6.45) is 0.507. The highest BCUT2D eigenvalue weighted by atomic mass is 16.3. The molecular formula is C14H20N4O2. The van der Waals surface area contributed by atoms with Crippen LogP contribution < -0.4 is 5.32 Å². The third kappa shape index (κ3) is 2.96. The van der Waals surface area contributed by atoms with Gasteiger partial charge in [0.25, 0.3) is 5.91 Å². The number of nitrogens with one attached hydrogen (secondary N) is 1.